The van der Waals surface area contributed by atoms with Crippen LogP contribution in [0.4, 0.5) is 16.0 Å². The van der Waals surface area contributed by atoms with Gasteiger partial charge in [0.05, 0.1) is 5.52 Å². The molecule has 0 amide bonds. The average molecular weight is 427 g/mol. The van der Waals surface area contributed by atoms with Crippen molar-refractivity contribution in [3.63, 3.8) is 0 Å². The molecule has 2 aromatic heterocycles. The fourth-order valence-corrected chi connectivity index (χ4v) is 3.20. The standard InChI is InChI=1S/C24H18FN5O2/c1-15-29-30-23(32-15)17-5-10-22-18(12-17)13-26-24(28-22)27-20-6-8-21(9-7-20)31-14-16-3-2-4-19(25)11-16/h2-13H,14H2,1H3,(H,26,27,28). The number of ether oxygens (including phenoxy) is 1. The van der Waals surface area contributed by atoms with Crippen LogP contribution in [0.3, 0.4) is 0 Å². The minimum absolute atomic E-state index is 0.276. The Kier molecular flexibility index (Phi) is 5.17. The van der Waals surface area contributed by atoms with Gasteiger partial charge in [-0.25, -0.2) is 14.4 Å². The van der Waals surface area contributed by atoms with E-state index in [1.807, 2.05) is 48.5 Å². The second kappa shape index (κ2) is 8.43. The number of nitrogens with one attached hydrogen (secondary N) is 1. The fraction of sp³-hybridized carbons (Fsp3) is 0.0833. The second-order valence-electron chi connectivity index (χ2n) is 7.16. The van der Waals surface area contributed by atoms with Crippen molar-refractivity contribution in [1.29, 1.82) is 0 Å². The van der Waals surface area contributed by atoms with Crippen LogP contribution in [0, 0.1) is 12.7 Å². The van der Waals surface area contributed by atoms with E-state index in [-0.39, 0.29) is 5.82 Å². The van der Waals surface area contributed by atoms with Gasteiger partial charge < -0.3 is 14.5 Å². The van der Waals surface area contributed by atoms with E-state index < -0.39 is 0 Å². The Balaban J connectivity index is 1.26. The van der Waals surface area contributed by atoms with Gasteiger partial charge in [0.15, 0.2) is 0 Å². The summed E-state index contributed by atoms with van der Waals surface area (Å²) in [6, 6.07) is 19.5. The minimum Gasteiger partial charge on any atom is -0.489 e. The Hall–Kier alpha value is -4.33. The number of rotatable bonds is 6. The maximum atomic E-state index is 13.3. The van der Waals surface area contributed by atoms with E-state index in [0.29, 0.717) is 30.1 Å². The Morgan fingerprint density at radius 3 is 2.66 bits per heavy atom. The van der Waals surface area contributed by atoms with Crippen molar-refractivity contribution in [3.05, 3.63) is 90.2 Å². The first-order valence-corrected chi connectivity index (χ1v) is 9.94. The summed E-state index contributed by atoms with van der Waals surface area (Å²) in [5.74, 6) is 1.87. The van der Waals surface area contributed by atoms with Gasteiger partial charge in [-0.15, -0.1) is 10.2 Å². The number of aryl methyl sites for hydroxylation is 1. The first-order chi connectivity index (χ1) is 15.6. The number of hydrogen-bond donors (Lipinski definition) is 1. The lowest BCUT2D eigenvalue weighted by molar-refractivity contribution is 0.305. The van der Waals surface area contributed by atoms with Crippen molar-refractivity contribution in [2.45, 2.75) is 13.5 Å². The Bertz CT molecular complexity index is 1390. The molecule has 8 heteroatoms. The van der Waals surface area contributed by atoms with Gasteiger partial charge in [-0.05, 0) is 60.2 Å². The SMILES string of the molecule is Cc1nnc(-c2ccc3nc(Nc4ccc(OCc5cccc(F)c5)cc4)ncc3c2)o1. The number of anilines is 2. The minimum atomic E-state index is -0.276. The number of fused-ring (bicyclic) bond motifs is 1. The third kappa shape index (κ3) is 4.39. The smallest absolute Gasteiger partial charge is 0.247 e. The molecule has 0 aliphatic rings. The molecule has 5 aromatic rings. The zero-order valence-corrected chi connectivity index (χ0v) is 17.1. The van der Waals surface area contributed by atoms with Crippen LogP contribution >= 0.6 is 0 Å². The molecule has 0 saturated carbocycles. The van der Waals surface area contributed by atoms with Crippen LogP contribution in [-0.4, -0.2) is 20.2 Å². The highest BCUT2D eigenvalue weighted by atomic mass is 19.1. The molecule has 5 rings (SSSR count). The van der Waals surface area contributed by atoms with Crippen LogP contribution < -0.4 is 10.1 Å². The molecule has 0 saturated heterocycles. The lowest BCUT2D eigenvalue weighted by atomic mass is 10.1. The molecule has 0 fully saturated rings. The van der Waals surface area contributed by atoms with Gasteiger partial charge in [0, 0.05) is 29.8 Å². The van der Waals surface area contributed by atoms with E-state index in [1.54, 1.807) is 19.2 Å². The Morgan fingerprint density at radius 2 is 1.88 bits per heavy atom. The van der Waals surface area contributed by atoms with Crippen LogP contribution in [0.25, 0.3) is 22.4 Å². The van der Waals surface area contributed by atoms with Gasteiger partial charge in [-0.1, -0.05) is 12.1 Å². The topological polar surface area (TPSA) is 86.0 Å². The molecule has 0 unspecified atom stereocenters. The summed E-state index contributed by atoms with van der Waals surface area (Å²) < 4.78 is 24.5. The van der Waals surface area contributed by atoms with Gasteiger partial charge in [0.2, 0.25) is 17.7 Å². The van der Waals surface area contributed by atoms with Crippen molar-refractivity contribution in [3.8, 4) is 17.2 Å². The van der Waals surface area contributed by atoms with Crippen LogP contribution in [-0.2, 0) is 6.61 Å². The summed E-state index contributed by atoms with van der Waals surface area (Å²) in [7, 11) is 0. The normalized spacial score (nSPS) is 10.9. The Morgan fingerprint density at radius 1 is 1.00 bits per heavy atom. The second-order valence-corrected chi connectivity index (χ2v) is 7.16. The summed E-state index contributed by atoms with van der Waals surface area (Å²) in [5, 5.41) is 12.0. The van der Waals surface area contributed by atoms with Gasteiger partial charge in [-0.3, -0.25) is 0 Å². The zero-order valence-electron chi connectivity index (χ0n) is 17.1. The van der Waals surface area contributed by atoms with E-state index >= 15 is 0 Å². The molecule has 0 aliphatic carbocycles. The average Bonchev–Trinajstić information content (AvgIpc) is 3.25. The predicted molar refractivity (Wildman–Crippen MR) is 118 cm³/mol. The van der Waals surface area contributed by atoms with Crippen LogP contribution in [0.1, 0.15) is 11.5 Å². The number of nitrogens with zero attached hydrogens (tertiary/aromatic N) is 4. The molecule has 158 valence electrons. The van der Waals surface area contributed by atoms with Crippen LogP contribution in [0.15, 0.2) is 77.3 Å². The summed E-state index contributed by atoms with van der Waals surface area (Å²) in [6.45, 7) is 2.05. The first kappa shape index (κ1) is 19.6. The first-order valence-electron chi connectivity index (χ1n) is 9.94. The number of aromatic nitrogens is 4. The summed E-state index contributed by atoms with van der Waals surface area (Å²) >= 11 is 0. The van der Waals surface area contributed by atoms with E-state index in [1.165, 1.54) is 12.1 Å². The van der Waals surface area contributed by atoms with Crippen molar-refractivity contribution in [1.82, 2.24) is 20.2 Å². The molecule has 0 atom stereocenters. The van der Waals surface area contributed by atoms with Gasteiger partial charge >= 0.3 is 0 Å². The van der Waals surface area contributed by atoms with Crippen LogP contribution in [0.2, 0.25) is 0 Å². The van der Waals surface area contributed by atoms with Gasteiger partial charge in [0.1, 0.15) is 18.2 Å². The molecule has 32 heavy (non-hydrogen) atoms. The summed E-state index contributed by atoms with van der Waals surface area (Å²) in [4.78, 5) is 8.95. The molecule has 0 radical (unpaired) electrons. The van der Waals surface area contributed by atoms with E-state index in [0.717, 1.165) is 27.7 Å². The van der Waals surface area contributed by atoms with Crippen molar-refractivity contribution in [2.75, 3.05) is 5.32 Å². The van der Waals surface area contributed by atoms with Crippen molar-refractivity contribution >= 4 is 22.5 Å². The monoisotopic (exact) mass is 427 g/mol. The molecular weight excluding hydrogens is 409 g/mol. The number of halogens is 1. The third-order valence-electron chi connectivity index (χ3n) is 4.76. The molecule has 7 nitrogen and oxygen atoms in total. The largest absolute Gasteiger partial charge is 0.489 e. The number of hydrogen-bond acceptors (Lipinski definition) is 7. The highest BCUT2D eigenvalue weighted by Gasteiger charge is 2.08. The van der Waals surface area contributed by atoms with Crippen molar-refractivity contribution in [2.24, 2.45) is 0 Å². The van der Waals surface area contributed by atoms with Gasteiger partial charge in [-0.2, -0.15) is 0 Å². The highest BCUT2D eigenvalue weighted by molar-refractivity contribution is 5.83. The lowest BCUT2D eigenvalue weighted by Crippen LogP contribution is -1.98. The van der Waals surface area contributed by atoms with Gasteiger partial charge in [0.25, 0.3) is 0 Å². The zero-order chi connectivity index (χ0) is 21.9. The third-order valence-corrected chi connectivity index (χ3v) is 4.76. The molecule has 0 spiro atoms. The fourth-order valence-electron chi connectivity index (χ4n) is 3.20. The van der Waals surface area contributed by atoms with E-state index in [9.17, 15) is 4.39 Å². The summed E-state index contributed by atoms with van der Waals surface area (Å²) in [5.41, 5.74) is 3.20. The predicted octanol–water partition coefficient (Wildman–Crippen LogP) is 5.45. The molecule has 2 heterocycles. The Labute approximate surface area is 182 Å². The van der Waals surface area contributed by atoms with Crippen molar-refractivity contribution < 1.29 is 13.5 Å². The molecular formula is C24H18FN5O2. The molecule has 0 bridgehead atoms. The number of benzene rings is 3. The maximum Gasteiger partial charge on any atom is 0.247 e. The quantitative estimate of drug-likeness (QED) is 0.386. The molecule has 1 N–H and O–H groups in total. The highest BCUT2D eigenvalue weighted by Crippen LogP contribution is 2.24. The summed E-state index contributed by atoms with van der Waals surface area (Å²) in [6.07, 6.45) is 1.74. The van der Waals surface area contributed by atoms with E-state index in [2.05, 4.69) is 25.5 Å². The van der Waals surface area contributed by atoms with E-state index in [4.69, 9.17) is 9.15 Å². The maximum absolute atomic E-state index is 13.3. The lowest BCUT2D eigenvalue weighted by Gasteiger charge is -2.09. The van der Waals surface area contributed by atoms with Crippen LogP contribution in [0.5, 0.6) is 5.75 Å². The molecule has 3 aromatic carbocycles. The molecule has 0 aliphatic heterocycles.